The molecule has 8 heteroatoms. The highest BCUT2D eigenvalue weighted by atomic mass is 16.9. The minimum atomic E-state index is -0.888. The van der Waals surface area contributed by atoms with Gasteiger partial charge in [0, 0.05) is 12.6 Å². The lowest BCUT2D eigenvalue weighted by Gasteiger charge is -2.10. The van der Waals surface area contributed by atoms with Gasteiger partial charge in [-0.25, -0.2) is 0 Å². The van der Waals surface area contributed by atoms with Crippen LogP contribution in [0.4, 0.5) is 5.69 Å². The average Bonchev–Trinajstić information content (AvgIpc) is 2.53. The first-order valence-corrected chi connectivity index (χ1v) is 6.91. The highest BCUT2D eigenvalue weighted by Crippen LogP contribution is 2.20. The Morgan fingerprint density at radius 1 is 1.17 bits per heavy atom. The van der Waals surface area contributed by atoms with E-state index in [2.05, 4.69) is 10.2 Å². The molecule has 0 aromatic heterocycles. The number of esters is 1. The third-order valence-electron chi connectivity index (χ3n) is 2.91. The van der Waals surface area contributed by atoms with Gasteiger partial charge in [0.15, 0.2) is 0 Å². The molecule has 1 amide bonds. The number of nitrogens with zero attached hydrogens (tertiary/aromatic N) is 1. The third-order valence-corrected chi connectivity index (χ3v) is 2.91. The van der Waals surface area contributed by atoms with E-state index in [1.54, 1.807) is 36.4 Å². The lowest BCUT2D eigenvalue weighted by atomic mass is 10.1. The van der Waals surface area contributed by atoms with E-state index in [1.807, 2.05) is 0 Å². The van der Waals surface area contributed by atoms with Crippen molar-refractivity contribution < 1.29 is 24.3 Å². The van der Waals surface area contributed by atoms with E-state index < -0.39 is 17.0 Å². The number of carbonyl (C=O) groups excluding carboxylic acids is 2. The van der Waals surface area contributed by atoms with Crippen molar-refractivity contribution in [3.05, 3.63) is 69.8 Å². The van der Waals surface area contributed by atoms with Crippen molar-refractivity contribution in [3.63, 3.8) is 0 Å². The van der Waals surface area contributed by atoms with Crippen molar-refractivity contribution in [2.45, 2.75) is 13.5 Å². The number of ether oxygens (including phenoxy) is 1. The number of amides is 1. The maximum atomic E-state index is 12.4. The summed E-state index contributed by atoms with van der Waals surface area (Å²) in [7, 11) is 0. The average molecular weight is 330 g/mol. The van der Waals surface area contributed by atoms with E-state index in [9.17, 15) is 19.7 Å². The molecule has 0 aliphatic carbocycles. The summed E-state index contributed by atoms with van der Waals surface area (Å²) in [5, 5.41) is 12.0. The molecule has 0 radical (unpaired) electrons. The standard InChI is InChI=1S/C16H14N2O6/c1-11(19)24-15-8-3-2-7-14(15)16(20)17-13-6-4-5-12(9-13)10-23-18(21)22/h2-9H,10H2,1H3,(H,17,20). The summed E-state index contributed by atoms with van der Waals surface area (Å²) in [6, 6.07) is 12.8. The molecular weight excluding hydrogens is 316 g/mol. The van der Waals surface area contributed by atoms with Crippen LogP contribution >= 0.6 is 0 Å². The fourth-order valence-electron chi connectivity index (χ4n) is 1.96. The molecule has 0 spiro atoms. The van der Waals surface area contributed by atoms with Crippen LogP contribution < -0.4 is 10.1 Å². The van der Waals surface area contributed by atoms with Crippen molar-refractivity contribution in [1.82, 2.24) is 0 Å². The molecule has 2 aromatic carbocycles. The van der Waals surface area contributed by atoms with Crippen LogP contribution in [0.5, 0.6) is 5.75 Å². The largest absolute Gasteiger partial charge is 0.426 e. The summed E-state index contributed by atoms with van der Waals surface area (Å²) in [5.74, 6) is -0.858. The molecule has 0 saturated carbocycles. The van der Waals surface area contributed by atoms with Gasteiger partial charge in [-0.05, 0) is 29.8 Å². The van der Waals surface area contributed by atoms with E-state index in [-0.39, 0.29) is 17.9 Å². The van der Waals surface area contributed by atoms with Crippen LogP contribution in [-0.4, -0.2) is 17.0 Å². The Bertz CT molecular complexity index is 775. The van der Waals surface area contributed by atoms with Crippen LogP contribution in [0.15, 0.2) is 48.5 Å². The molecule has 0 saturated heterocycles. The monoisotopic (exact) mass is 330 g/mol. The molecule has 0 unspecified atom stereocenters. The quantitative estimate of drug-likeness (QED) is 0.377. The fourth-order valence-corrected chi connectivity index (χ4v) is 1.96. The van der Waals surface area contributed by atoms with E-state index in [4.69, 9.17) is 4.74 Å². The van der Waals surface area contributed by atoms with Crippen molar-refractivity contribution in [3.8, 4) is 5.75 Å². The maximum absolute atomic E-state index is 12.4. The van der Waals surface area contributed by atoms with E-state index in [1.165, 1.54) is 19.1 Å². The highest BCUT2D eigenvalue weighted by Gasteiger charge is 2.14. The number of carbonyl (C=O) groups is 2. The second-order valence-electron chi connectivity index (χ2n) is 4.74. The van der Waals surface area contributed by atoms with Gasteiger partial charge in [-0.15, -0.1) is 10.1 Å². The topological polar surface area (TPSA) is 108 Å². The van der Waals surface area contributed by atoms with Gasteiger partial charge in [-0.2, -0.15) is 0 Å². The highest BCUT2D eigenvalue weighted by molar-refractivity contribution is 6.06. The summed E-state index contributed by atoms with van der Waals surface area (Å²) in [4.78, 5) is 38.0. The summed E-state index contributed by atoms with van der Waals surface area (Å²) in [6.45, 7) is 1.02. The molecule has 0 aliphatic rings. The maximum Gasteiger partial charge on any atom is 0.308 e. The smallest absolute Gasteiger partial charge is 0.308 e. The number of nitrogens with one attached hydrogen (secondary N) is 1. The van der Waals surface area contributed by atoms with Crippen LogP contribution in [-0.2, 0) is 16.2 Å². The zero-order valence-electron chi connectivity index (χ0n) is 12.7. The van der Waals surface area contributed by atoms with Gasteiger partial charge in [0.25, 0.3) is 11.0 Å². The van der Waals surface area contributed by atoms with Gasteiger partial charge in [0.2, 0.25) is 0 Å². The molecule has 0 bridgehead atoms. The lowest BCUT2D eigenvalue weighted by Crippen LogP contribution is -2.15. The third kappa shape index (κ3) is 4.80. The molecular formula is C16H14N2O6. The number of anilines is 1. The van der Waals surface area contributed by atoms with Gasteiger partial charge in [0.1, 0.15) is 12.4 Å². The van der Waals surface area contributed by atoms with Crippen LogP contribution in [0.25, 0.3) is 0 Å². The second kappa shape index (κ2) is 7.73. The Kier molecular flexibility index (Phi) is 5.45. The van der Waals surface area contributed by atoms with Crippen LogP contribution in [0.3, 0.4) is 0 Å². The Hall–Kier alpha value is -3.42. The van der Waals surface area contributed by atoms with Crippen LogP contribution in [0.2, 0.25) is 0 Å². The predicted octanol–water partition coefficient (Wildman–Crippen LogP) is 2.57. The minimum Gasteiger partial charge on any atom is -0.426 e. The van der Waals surface area contributed by atoms with E-state index in [0.717, 1.165) is 0 Å². The Balaban J connectivity index is 2.14. The number of hydrogen-bond acceptors (Lipinski definition) is 6. The number of benzene rings is 2. The van der Waals surface area contributed by atoms with E-state index >= 15 is 0 Å². The molecule has 0 aliphatic heterocycles. The molecule has 0 atom stereocenters. The summed E-state index contributed by atoms with van der Waals surface area (Å²) < 4.78 is 5.00. The molecule has 0 heterocycles. The van der Waals surface area contributed by atoms with Crippen LogP contribution in [0.1, 0.15) is 22.8 Å². The SMILES string of the molecule is CC(=O)Oc1ccccc1C(=O)Nc1cccc(CO[N+](=O)[O-])c1. The summed E-state index contributed by atoms with van der Waals surface area (Å²) >= 11 is 0. The number of hydrogen-bond donors (Lipinski definition) is 1. The molecule has 2 rings (SSSR count). The normalized spacial score (nSPS) is 9.88. The Labute approximate surface area is 137 Å². The van der Waals surface area contributed by atoms with Crippen LogP contribution in [0, 0.1) is 10.1 Å². The van der Waals surface area contributed by atoms with Crippen molar-refractivity contribution in [2.24, 2.45) is 0 Å². The van der Waals surface area contributed by atoms with Gasteiger partial charge in [-0.3, -0.25) is 9.59 Å². The predicted molar refractivity (Wildman–Crippen MR) is 83.9 cm³/mol. The summed E-state index contributed by atoms with van der Waals surface area (Å²) in [5.41, 5.74) is 1.15. The second-order valence-corrected chi connectivity index (χ2v) is 4.74. The van der Waals surface area contributed by atoms with Crippen molar-refractivity contribution in [1.29, 1.82) is 0 Å². The zero-order chi connectivity index (χ0) is 17.5. The minimum absolute atomic E-state index is 0.148. The van der Waals surface area contributed by atoms with E-state index in [0.29, 0.717) is 11.3 Å². The van der Waals surface area contributed by atoms with Gasteiger partial charge in [-0.1, -0.05) is 24.3 Å². The van der Waals surface area contributed by atoms with Crippen molar-refractivity contribution in [2.75, 3.05) is 5.32 Å². The summed E-state index contributed by atoms with van der Waals surface area (Å²) in [6.07, 6.45) is 0. The van der Waals surface area contributed by atoms with Gasteiger partial charge >= 0.3 is 5.97 Å². The van der Waals surface area contributed by atoms with Gasteiger partial charge < -0.3 is 14.9 Å². The first-order valence-electron chi connectivity index (χ1n) is 6.91. The molecule has 8 nitrogen and oxygen atoms in total. The molecule has 1 N–H and O–H groups in total. The molecule has 0 fully saturated rings. The van der Waals surface area contributed by atoms with Crippen molar-refractivity contribution >= 4 is 17.6 Å². The fraction of sp³-hybridized carbons (Fsp3) is 0.125. The first-order chi connectivity index (χ1) is 11.5. The number of rotatable bonds is 6. The molecule has 2 aromatic rings. The molecule has 124 valence electrons. The number of para-hydroxylation sites is 1. The zero-order valence-corrected chi connectivity index (χ0v) is 12.7. The lowest BCUT2D eigenvalue weighted by molar-refractivity contribution is -0.763. The van der Waals surface area contributed by atoms with Gasteiger partial charge in [0.05, 0.1) is 5.56 Å². The molecule has 24 heavy (non-hydrogen) atoms. The Morgan fingerprint density at radius 3 is 2.62 bits per heavy atom. The Morgan fingerprint density at radius 2 is 1.92 bits per heavy atom. The first kappa shape index (κ1) is 16.9.